The van der Waals surface area contributed by atoms with Crippen LogP contribution < -0.4 is 11.1 Å². The van der Waals surface area contributed by atoms with Crippen LogP contribution in [-0.2, 0) is 17.4 Å². The highest BCUT2D eigenvalue weighted by Gasteiger charge is 2.30. The van der Waals surface area contributed by atoms with E-state index in [1.165, 1.54) is 12.1 Å². The molecular weight excluding hydrogens is 245 g/mol. The van der Waals surface area contributed by atoms with Gasteiger partial charge in [0.2, 0.25) is 5.91 Å². The van der Waals surface area contributed by atoms with Crippen LogP contribution >= 0.6 is 0 Å². The molecule has 0 unspecified atom stereocenters. The minimum Gasteiger partial charge on any atom is -0.352 e. The molecule has 3 N–H and O–H groups in total. The maximum Gasteiger partial charge on any atom is 0.416 e. The average Bonchev–Trinajstić information content (AvgIpc) is 2.27. The number of nitrogens with two attached hydrogens (primary N) is 1. The first kappa shape index (κ1) is 14.5. The molecule has 0 aliphatic heterocycles. The molecule has 0 fully saturated rings. The lowest BCUT2D eigenvalue weighted by atomic mass is 10.1. The minimum absolute atomic E-state index is 0.0890. The summed E-state index contributed by atoms with van der Waals surface area (Å²) in [5.41, 5.74) is 4.91. The van der Waals surface area contributed by atoms with Crippen LogP contribution in [-0.4, -0.2) is 18.5 Å². The van der Waals surface area contributed by atoms with Crippen LogP contribution in [0.25, 0.3) is 0 Å². The van der Waals surface area contributed by atoms with Gasteiger partial charge in [-0.3, -0.25) is 4.79 Å². The van der Waals surface area contributed by atoms with Gasteiger partial charge in [0.1, 0.15) is 0 Å². The minimum atomic E-state index is -4.39. The van der Waals surface area contributed by atoms with Crippen molar-refractivity contribution in [3.05, 3.63) is 35.4 Å². The molecule has 6 heteroatoms. The molecule has 0 heterocycles. The molecule has 0 aromatic heterocycles. The second kappa shape index (κ2) is 5.86. The van der Waals surface area contributed by atoms with Crippen LogP contribution in [0.5, 0.6) is 0 Å². The van der Waals surface area contributed by atoms with E-state index >= 15 is 0 Å². The summed E-state index contributed by atoms with van der Waals surface area (Å²) in [5.74, 6) is -0.340. The van der Waals surface area contributed by atoms with E-state index in [4.69, 9.17) is 5.73 Å². The molecule has 0 aliphatic rings. The predicted octanol–water partition coefficient (Wildman–Crippen LogP) is 1.71. The Morgan fingerprint density at radius 3 is 2.67 bits per heavy atom. The third-order valence-electron chi connectivity index (χ3n) is 2.38. The molecule has 18 heavy (non-hydrogen) atoms. The van der Waals surface area contributed by atoms with Crippen molar-refractivity contribution in [2.75, 3.05) is 6.54 Å². The third kappa shape index (κ3) is 4.37. The van der Waals surface area contributed by atoms with Crippen LogP contribution in [0.3, 0.4) is 0 Å². The summed E-state index contributed by atoms with van der Waals surface area (Å²) >= 11 is 0. The van der Waals surface area contributed by atoms with Gasteiger partial charge in [0.25, 0.3) is 0 Å². The molecule has 100 valence electrons. The Kier molecular flexibility index (Phi) is 4.72. The van der Waals surface area contributed by atoms with Crippen LogP contribution in [0.15, 0.2) is 24.3 Å². The summed E-state index contributed by atoms with van der Waals surface area (Å²) in [6.07, 6.45) is -4.48. The maximum absolute atomic E-state index is 12.5. The molecule has 0 aliphatic carbocycles. The lowest BCUT2D eigenvalue weighted by Gasteiger charge is -2.12. The molecule has 1 aromatic rings. The number of halogens is 3. The number of benzene rings is 1. The molecular formula is C12H15F3N2O. The first-order valence-corrected chi connectivity index (χ1v) is 5.48. The number of alkyl halides is 3. The molecule has 0 bridgehead atoms. The van der Waals surface area contributed by atoms with Crippen LogP contribution in [0.2, 0.25) is 0 Å². The normalized spacial score (nSPS) is 13.2. The Bertz CT molecular complexity index is 418. The molecule has 0 radical (unpaired) electrons. The van der Waals surface area contributed by atoms with Crippen molar-refractivity contribution in [1.29, 1.82) is 0 Å². The van der Waals surface area contributed by atoms with Crippen LogP contribution in [0, 0.1) is 0 Å². The molecule has 1 aromatic carbocycles. The number of carbonyl (C=O) groups is 1. The summed E-state index contributed by atoms with van der Waals surface area (Å²) in [4.78, 5) is 11.5. The van der Waals surface area contributed by atoms with Gasteiger partial charge in [-0.05, 0) is 18.6 Å². The zero-order chi connectivity index (χ0) is 13.8. The van der Waals surface area contributed by atoms with Crippen molar-refractivity contribution in [3.8, 4) is 0 Å². The van der Waals surface area contributed by atoms with E-state index in [0.29, 0.717) is 5.56 Å². The van der Waals surface area contributed by atoms with Gasteiger partial charge < -0.3 is 11.1 Å². The molecule has 1 rings (SSSR count). The number of hydrogen-bond acceptors (Lipinski definition) is 2. The van der Waals surface area contributed by atoms with Crippen molar-refractivity contribution >= 4 is 5.91 Å². The van der Waals surface area contributed by atoms with Gasteiger partial charge in [0, 0.05) is 12.6 Å². The first-order chi connectivity index (χ1) is 8.32. The third-order valence-corrected chi connectivity index (χ3v) is 2.38. The summed E-state index contributed by atoms with van der Waals surface area (Å²) in [7, 11) is 0. The smallest absolute Gasteiger partial charge is 0.352 e. The molecule has 0 saturated heterocycles. The highest BCUT2D eigenvalue weighted by molar-refractivity contribution is 5.78. The standard InChI is InChI=1S/C12H15F3N2O/c1-8(7-16)17-11(18)6-9-3-2-4-10(5-9)12(13,14)15/h2-5,8H,6-7,16H2,1H3,(H,17,18)/t8-/m0/s1. The SMILES string of the molecule is C[C@@H](CN)NC(=O)Cc1cccc(C(F)(F)F)c1. The van der Waals surface area contributed by atoms with Gasteiger partial charge >= 0.3 is 6.18 Å². The zero-order valence-corrected chi connectivity index (χ0v) is 9.92. The largest absolute Gasteiger partial charge is 0.416 e. The van der Waals surface area contributed by atoms with Crippen molar-refractivity contribution in [2.24, 2.45) is 5.73 Å². The second-order valence-corrected chi connectivity index (χ2v) is 4.08. The fourth-order valence-corrected chi connectivity index (χ4v) is 1.43. The molecule has 3 nitrogen and oxygen atoms in total. The quantitative estimate of drug-likeness (QED) is 0.866. The van der Waals surface area contributed by atoms with Gasteiger partial charge in [-0.15, -0.1) is 0 Å². The van der Waals surface area contributed by atoms with E-state index < -0.39 is 11.7 Å². The van der Waals surface area contributed by atoms with Crippen molar-refractivity contribution < 1.29 is 18.0 Å². The predicted molar refractivity (Wildman–Crippen MR) is 61.8 cm³/mol. The lowest BCUT2D eigenvalue weighted by Crippen LogP contribution is -2.38. The Labute approximate surface area is 103 Å². The van der Waals surface area contributed by atoms with Gasteiger partial charge in [-0.25, -0.2) is 0 Å². The Balaban J connectivity index is 2.71. The maximum atomic E-state index is 12.5. The Morgan fingerprint density at radius 1 is 1.44 bits per heavy atom. The number of rotatable bonds is 4. The number of carbonyl (C=O) groups excluding carboxylic acids is 1. The number of amides is 1. The van der Waals surface area contributed by atoms with Crippen molar-refractivity contribution in [1.82, 2.24) is 5.32 Å². The van der Waals surface area contributed by atoms with E-state index in [9.17, 15) is 18.0 Å². The first-order valence-electron chi connectivity index (χ1n) is 5.48. The molecule has 0 spiro atoms. The van der Waals surface area contributed by atoms with Gasteiger partial charge in [0.15, 0.2) is 0 Å². The van der Waals surface area contributed by atoms with Gasteiger partial charge in [-0.2, -0.15) is 13.2 Å². The second-order valence-electron chi connectivity index (χ2n) is 4.08. The van der Waals surface area contributed by atoms with Crippen LogP contribution in [0.1, 0.15) is 18.1 Å². The summed E-state index contributed by atoms with van der Waals surface area (Å²) in [6.45, 7) is 2.01. The Morgan fingerprint density at radius 2 is 2.11 bits per heavy atom. The van der Waals surface area contributed by atoms with Gasteiger partial charge in [-0.1, -0.05) is 18.2 Å². The van der Waals surface area contributed by atoms with E-state index in [2.05, 4.69) is 5.32 Å². The lowest BCUT2D eigenvalue weighted by molar-refractivity contribution is -0.137. The fraction of sp³-hybridized carbons (Fsp3) is 0.417. The number of hydrogen-bond donors (Lipinski definition) is 2. The summed E-state index contributed by atoms with van der Waals surface area (Å²) in [6, 6.07) is 4.54. The number of nitrogens with one attached hydrogen (secondary N) is 1. The van der Waals surface area contributed by atoms with Gasteiger partial charge in [0.05, 0.1) is 12.0 Å². The summed E-state index contributed by atoms with van der Waals surface area (Å²) in [5, 5.41) is 2.59. The average molecular weight is 260 g/mol. The van der Waals surface area contributed by atoms with E-state index in [1.54, 1.807) is 6.92 Å². The highest BCUT2D eigenvalue weighted by Crippen LogP contribution is 2.29. The topological polar surface area (TPSA) is 55.1 Å². The Hall–Kier alpha value is -1.56. The molecule has 0 saturated carbocycles. The van der Waals surface area contributed by atoms with E-state index in [1.807, 2.05) is 0 Å². The molecule has 1 amide bonds. The summed E-state index contributed by atoms with van der Waals surface area (Å²) < 4.78 is 37.4. The van der Waals surface area contributed by atoms with E-state index in [0.717, 1.165) is 12.1 Å². The molecule has 1 atom stereocenters. The monoisotopic (exact) mass is 260 g/mol. The van der Waals surface area contributed by atoms with Crippen molar-refractivity contribution in [3.63, 3.8) is 0 Å². The fourth-order valence-electron chi connectivity index (χ4n) is 1.43. The van der Waals surface area contributed by atoms with Crippen molar-refractivity contribution in [2.45, 2.75) is 25.6 Å². The van der Waals surface area contributed by atoms with Crippen LogP contribution in [0.4, 0.5) is 13.2 Å². The highest BCUT2D eigenvalue weighted by atomic mass is 19.4. The van der Waals surface area contributed by atoms with E-state index in [-0.39, 0.29) is 24.9 Å². The zero-order valence-electron chi connectivity index (χ0n) is 9.92.